The van der Waals surface area contributed by atoms with Crippen molar-refractivity contribution in [2.75, 3.05) is 14.2 Å². The Balaban J connectivity index is 2.09. The van der Waals surface area contributed by atoms with Crippen LogP contribution in [0.4, 0.5) is 8.78 Å². The van der Waals surface area contributed by atoms with E-state index in [0.29, 0.717) is 16.8 Å². The molecule has 1 atom stereocenters. The minimum Gasteiger partial charge on any atom is -0.493 e. The Morgan fingerprint density at radius 1 is 1.09 bits per heavy atom. The Kier molecular flexibility index (Phi) is 8.11. The summed E-state index contributed by atoms with van der Waals surface area (Å²) in [5.41, 5.74) is 1.72. The van der Waals surface area contributed by atoms with E-state index in [1.807, 2.05) is 0 Å². The highest BCUT2D eigenvalue weighted by molar-refractivity contribution is 6.04. The summed E-state index contributed by atoms with van der Waals surface area (Å²) in [5.74, 6) is -1.99. The van der Waals surface area contributed by atoms with E-state index in [-0.39, 0.29) is 22.8 Å². The largest absolute Gasteiger partial charge is 0.493 e. The Labute approximate surface area is 183 Å². The van der Waals surface area contributed by atoms with Crippen LogP contribution in [-0.2, 0) is 14.3 Å². The van der Waals surface area contributed by atoms with E-state index in [4.69, 9.17) is 14.2 Å². The number of benzene rings is 1. The monoisotopic (exact) mass is 451 g/mol. The molecular weight excluding hydrogens is 428 g/mol. The van der Waals surface area contributed by atoms with Crippen molar-refractivity contribution in [1.82, 2.24) is 4.98 Å². The van der Waals surface area contributed by atoms with Gasteiger partial charge in [-0.25, -0.2) is 9.59 Å². The van der Waals surface area contributed by atoms with Gasteiger partial charge in [-0.1, -0.05) is 6.07 Å². The second-order valence-electron chi connectivity index (χ2n) is 6.68. The topological polar surface area (TPSA) is 104 Å². The summed E-state index contributed by atoms with van der Waals surface area (Å²) < 4.78 is 44.0. The lowest BCUT2D eigenvalue weighted by Gasteiger charge is -2.11. The zero-order valence-electron chi connectivity index (χ0n) is 18.2. The highest BCUT2D eigenvalue weighted by Crippen LogP contribution is 2.30. The first-order valence-corrected chi connectivity index (χ1v) is 9.42. The van der Waals surface area contributed by atoms with Crippen molar-refractivity contribution >= 4 is 23.8 Å². The van der Waals surface area contributed by atoms with Crippen LogP contribution in [-0.4, -0.2) is 49.6 Å². The number of nitrogens with one attached hydrogen (secondary N) is 1. The van der Waals surface area contributed by atoms with Gasteiger partial charge in [0.1, 0.15) is 0 Å². The summed E-state index contributed by atoms with van der Waals surface area (Å²) in [6.07, 6.45) is 1.32. The van der Waals surface area contributed by atoms with E-state index in [1.54, 1.807) is 13.8 Å². The Hall–Kier alpha value is -3.69. The fraction of sp³-hybridized carbons (Fsp3) is 0.318. The molecule has 0 fully saturated rings. The van der Waals surface area contributed by atoms with Gasteiger partial charge in [0.2, 0.25) is 5.78 Å². The number of esters is 2. The van der Waals surface area contributed by atoms with Crippen LogP contribution in [0.15, 0.2) is 24.3 Å². The predicted molar refractivity (Wildman–Crippen MR) is 110 cm³/mol. The number of carbonyl (C=O) groups is 3. The smallest absolute Gasteiger partial charge is 0.387 e. The molecule has 1 heterocycles. The Morgan fingerprint density at radius 3 is 2.38 bits per heavy atom. The average molecular weight is 451 g/mol. The summed E-state index contributed by atoms with van der Waals surface area (Å²) in [7, 11) is 2.53. The van der Waals surface area contributed by atoms with Crippen molar-refractivity contribution in [3.05, 3.63) is 52.4 Å². The lowest BCUT2D eigenvalue weighted by Crippen LogP contribution is -2.24. The minimum atomic E-state index is -3.00. The van der Waals surface area contributed by atoms with Gasteiger partial charge in [-0.05, 0) is 50.1 Å². The third-order valence-corrected chi connectivity index (χ3v) is 4.55. The summed E-state index contributed by atoms with van der Waals surface area (Å²) >= 11 is 0. The zero-order valence-corrected chi connectivity index (χ0v) is 18.2. The standard InChI is InChI=1S/C22H23F2NO7/c1-11-18(21(28)30-5)12(2)25-19(11)20(27)13(3)31-17(26)9-7-14-6-8-15(32-22(23)24)16(10-14)29-4/h6-10,13,22,25H,1-5H3/b9-7+/t13-/m0/s1. The summed E-state index contributed by atoms with van der Waals surface area (Å²) in [4.78, 5) is 39.5. The molecule has 0 saturated heterocycles. The van der Waals surface area contributed by atoms with Crippen molar-refractivity contribution in [1.29, 1.82) is 0 Å². The van der Waals surface area contributed by atoms with Crippen molar-refractivity contribution in [3.8, 4) is 11.5 Å². The molecule has 0 bridgehead atoms. The van der Waals surface area contributed by atoms with Gasteiger partial charge in [-0.15, -0.1) is 0 Å². The number of aryl methyl sites for hydroxylation is 1. The van der Waals surface area contributed by atoms with E-state index in [9.17, 15) is 23.2 Å². The molecule has 0 radical (unpaired) electrons. The van der Waals surface area contributed by atoms with Crippen LogP contribution in [0.2, 0.25) is 0 Å². The average Bonchev–Trinajstić information content (AvgIpc) is 3.05. The van der Waals surface area contributed by atoms with Crippen LogP contribution in [0.1, 0.15) is 44.6 Å². The first-order chi connectivity index (χ1) is 15.1. The molecule has 2 rings (SSSR count). The molecule has 8 nitrogen and oxygen atoms in total. The van der Waals surface area contributed by atoms with Gasteiger partial charge < -0.3 is 23.9 Å². The molecule has 172 valence electrons. The van der Waals surface area contributed by atoms with Gasteiger partial charge in [0.25, 0.3) is 0 Å². The molecule has 1 aromatic carbocycles. The molecule has 0 unspecified atom stereocenters. The number of methoxy groups -OCH3 is 2. The van der Waals surface area contributed by atoms with Crippen LogP contribution < -0.4 is 9.47 Å². The molecule has 32 heavy (non-hydrogen) atoms. The van der Waals surface area contributed by atoms with Crippen molar-refractivity contribution in [2.24, 2.45) is 0 Å². The molecule has 0 spiro atoms. The number of ether oxygens (including phenoxy) is 4. The van der Waals surface area contributed by atoms with Gasteiger partial charge in [0, 0.05) is 11.8 Å². The Morgan fingerprint density at radius 2 is 1.78 bits per heavy atom. The maximum absolute atomic E-state index is 12.7. The van der Waals surface area contributed by atoms with Gasteiger partial charge >= 0.3 is 18.6 Å². The quantitative estimate of drug-likeness (QED) is 0.351. The number of rotatable bonds is 9. The number of hydrogen-bond donors (Lipinski definition) is 1. The summed E-state index contributed by atoms with van der Waals surface area (Å²) in [6, 6.07) is 4.12. The van der Waals surface area contributed by atoms with Crippen molar-refractivity contribution in [2.45, 2.75) is 33.5 Å². The maximum atomic E-state index is 12.7. The molecule has 2 aromatic rings. The number of halogens is 2. The van der Waals surface area contributed by atoms with E-state index < -0.39 is 30.4 Å². The summed E-state index contributed by atoms with van der Waals surface area (Å²) in [6.45, 7) is 1.62. The van der Waals surface area contributed by atoms with Gasteiger partial charge in [0.15, 0.2) is 17.6 Å². The third kappa shape index (κ3) is 5.71. The highest BCUT2D eigenvalue weighted by atomic mass is 19.3. The van der Waals surface area contributed by atoms with Crippen molar-refractivity contribution < 1.29 is 42.1 Å². The number of carbonyl (C=O) groups excluding carboxylic acids is 3. The zero-order chi connectivity index (χ0) is 24.0. The molecular formula is C22H23F2NO7. The van der Waals surface area contributed by atoms with E-state index in [2.05, 4.69) is 9.72 Å². The summed E-state index contributed by atoms with van der Waals surface area (Å²) in [5, 5.41) is 0. The fourth-order valence-corrected chi connectivity index (χ4v) is 3.02. The molecule has 10 heteroatoms. The molecule has 0 saturated carbocycles. The second kappa shape index (κ2) is 10.6. The number of Topliss-reactive ketones (excluding diaryl/α,β-unsaturated/α-hetero) is 1. The van der Waals surface area contributed by atoms with E-state index in [0.717, 1.165) is 6.08 Å². The molecule has 1 N–H and O–H groups in total. The third-order valence-electron chi connectivity index (χ3n) is 4.55. The Bertz CT molecular complexity index is 1040. The number of alkyl halides is 2. The molecule has 0 aliphatic carbocycles. The minimum absolute atomic E-state index is 0.0587. The molecule has 0 aliphatic heterocycles. The lowest BCUT2D eigenvalue weighted by atomic mass is 10.1. The first-order valence-electron chi connectivity index (χ1n) is 9.42. The SMILES string of the molecule is COC(=O)c1c(C)[nH]c(C(=O)[C@H](C)OC(=O)/C=C/c2ccc(OC(F)F)c(OC)c2)c1C. The normalized spacial score (nSPS) is 12.0. The number of aromatic amines is 1. The van der Waals surface area contributed by atoms with Gasteiger partial charge in [0.05, 0.1) is 25.5 Å². The highest BCUT2D eigenvalue weighted by Gasteiger charge is 2.27. The van der Waals surface area contributed by atoms with E-state index in [1.165, 1.54) is 45.4 Å². The number of H-pyrrole nitrogens is 1. The van der Waals surface area contributed by atoms with Crippen LogP contribution in [0.5, 0.6) is 11.5 Å². The molecule has 0 amide bonds. The van der Waals surface area contributed by atoms with Crippen LogP contribution in [0, 0.1) is 13.8 Å². The fourth-order valence-electron chi connectivity index (χ4n) is 3.02. The predicted octanol–water partition coefficient (Wildman–Crippen LogP) is 3.86. The van der Waals surface area contributed by atoms with Crippen LogP contribution in [0.25, 0.3) is 6.08 Å². The van der Waals surface area contributed by atoms with Gasteiger partial charge in [-0.2, -0.15) is 8.78 Å². The van der Waals surface area contributed by atoms with E-state index >= 15 is 0 Å². The molecule has 1 aromatic heterocycles. The van der Waals surface area contributed by atoms with Crippen molar-refractivity contribution in [3.63, 3.8) is 0 Å². The van der Waals surface area contributed by atoms with Crippen LogP contribution >= 0.6 is 0 Å². The van der Waals surface area contributed by atoms with Gasteiger partial charge in [-0.3, -0.25) is 4.79 Å². The number of aromatic nitrogens is 1. The first kappa shape index (κ1) is 24.6. The maximum Gasteiger partial charge on any atom is 0.387 e. The molecule has 0 aliphatic rings. The van der Waals surface area contributed by atoms with Crippen LogP contribution in [0.3, 0.4) is 0 Å². The number of ketones is 1. The second-order valence-corrected chi connectivity index (χ2v) is 6.68. The number of hydrogen-bond acceptors (Lipinski definition) is 7. The lowest BCUT2D eigenvalue weighted by molar-refractivity contribution is -0.140.